The fourth-order valence-corrected chi connectivity index (χ4v) is 3.43. The number of fused-ring (bicyclic) bond motifs is 1. The highest BCUT2D eigenvalue weighted by molar-refractivity contribution is 5.62. The normalized spacial score (nSPS) is 13.4. The van der Waals surface area contributed by atoms with E-state index >= 15 is 0 Å². The summed E-state index contributed by atoms with van der Waals surface area (Å²) in [5.74, 6) is 1.94. The third-order valence-corrected chi connectivity index (χ3v) is 4.75. The molecule has 0 N–H and O–H groups in total. The van der Waals surface area contributed by atoms with Crippen LogP contribution in [0.4, 0.5) is 17.3 Å². The summed E-state index contributed by atoms with van der Waals surface area (Å²) in [5, 5.41) is 0. The second-order valence-electron chi connectivity index (χ2n) is 6.25. The summed E-state index contributed by atoms with van der Waals surface area (Å²) in [6.45, 7) is 4.91. The highest BCUT2D eigenvalue weighted by Gasteiger charge is 2.18. The Balaban J connectivity index is 1.62. The maximum atomic E-state index is 4.53. The molecule has 0 saturated heterocycles. The van der Waals surface area contributed by atoms with Gasteiger partial charge in [0.1, 0.15) is 18.0 Å². The van der Waals surface area contributed by atoms with Crippen molar-refractivity contribution in [1.82, 2.24) is 9.97 Å². The molecule has 0 atom stereocenters. The first-order valence-corrected chi connectivity index (χ1v) is 8.81. The van der Waals surface area contributed by atoms with Gasteiger partial charge >= 0.3 is 0 Å². The number of anilines is 3. The van der Waals surface area contributed by atoms with E-state index in [4.69, 9.17) is 0 Å². The van der Waals surface area contributed by atoms with Crippen LogP contribution >= 0.6 is 0 Å². The van der Waals surface area contributed by atoms with Crippen LogP contribution in [0.25, 0.3) is 0 Å². The van der Waals surface area contributed by atoms with Gasteiger partial charge in [-0.3, -0.25) is 0 Å². The highest BCUT2D eigenvalue weighted by Crippen LogP contribution is 2.28. The van der Waals surface area contributed by atoms with Crippen molar-refractivity contribution >= 4 is 17.3 Å². The van der Waals surface area contributed by atoms with Gasteiger partial charge in [-0.25, -0.2) is 9.97 Å². The van der Waals surface area contributed by atoms with Gasteiger partial charge in [-0.05, 0) is 36.6 Å². The topological polar surface area (TPSA) is 32.3 Å². The number of rotatable bonds is 4. The third kappa shape index (κ3) is 3.20. The van der Waals surface area contributed by atoms with Crippen molar-refractivity contribution in [2.24, 2.45) is 0 Å². The first-order chi connectivity index (χ1) is 12.3. The smallest absolute Gasteiger partial charge is 0.138 e. The predicted octanol–water partition coefficient (Wildman–Crippen LogP) is 4.20. The van der Waals surface area contributed by atoms with Crippen molar-refractivity contribution < 1.29 is 0 Å². The Morgan fingerprint density at radius 1 is 0.960 bits per heavy atom. The van der Waals surface area contributed by atoms with Crippen LogP contribution in [-0.4, -0.2) is 23.1 Å². The van der Waals surface area contributed by atoms with Gasteiger partial charge in [0.15, 0.2) is 0 Å². The van der Waals surface area contributed by atoms with Gasteiger partial charge in [-0.2, -0.15) is 0 Å². The van der Waals surface area contributed by atoms with Gasteiger partial charge in [0.2, 0.25) is 0 Å². The van der Waals surface area contributed by atoms with Crippen LogP contribution in [-0.2, 0) is 13.0 Å². The molecule has 2 aromatic carbocycles. The second-order valence-corrected chi connectivity index (χ2v) is 6.25. The maximum Gasteiger partial charge on any atom is 0.138 e. The second kappa shape index (κ2) is 6.93. The largest absolute Gasteiger partial charge is 0.352 e. The Hall–Kier alpha value is -2.88. The van der Waals surface area contributed by atoms with Gasteiger partial charge in [-0.15, -0.1) is 0 Å². The van der Waals surface area contributed by atoms with Crippen LogP contribution < -0.4 is 9.80 Å². The molecule has 2 heterocycles. The molecule has 0 radical (unpaired) electrons. The number of hydrogen-bond acceptors (Lipinski definition) is 4. The molecule has 126 valence electrons. The molecule has 0 bridgehead atoms. The Labute approximate surface area is 148 Å². The monoisotopic (exact) mass is 330 g/mol. The molecular weight excluding hydrogens is 308 g/mol. The average Bonchev–Trinajstić information content (AvgIpc) is 2.69. The van der Waals surface area contributed by atoms with E-state index in [2.05, 4.69) is 81.3 Å². The molecule has 1 aliphatic heterocycles. The zero-order chi connectivity index (χ0) is 17.1. The lowest BCUT2D eigenvalue weighted by Crippen LogP contribution is -2.31. The van der Waals surface area contributed by atoms with E-state index in [0.29, 0.717) is 0 Å². The molecule has 1 aliphatic rings. The van der Waals surface area contributed by atoms with Crippen molar-refractivity contribution in [3.05, 3.63) is 78.1 Å². The van der Waals surface area contributed by atoms with Crippen molar-refractivity contribution in [2.75, 3.05) is 22.9 Å². The van der Waals surface area contributed by atoms with Crippen LogP contribution in [0.1, 0.15) is 18.1 Å². The number of aromatic nitrogens is 2. The molecule has 3 aromatic rings. The standard InChI is InChI=1S/C21H22N4/c1-2-25(19-10-4-3-5-11-19)21-14-20(22-16-23-21)24-13-12-17-8-6-7-9-18(17)15-24/h3-11,14,16H,2,12-13,15H2,1H3. The summed E-state index contributed by atoms with van der Waals surface area (Å²) < 4.78 is 0. The number of nitrogens with zero attached hydrogens (tertiary/aromatic N) is 4. The molecule has 1 aromatic heterocycles. The van der Waals surface area contributed by atoms with Crippen molar-refractivity contribution in [1.29, 1.82) is 0 Å². The lowest BCUT2D eigenvalue weighted by molar-refractivity contribution is 0.719. The lowest BCUT2D eigenvalue weighted by atomic mass is 10.00. The van der Waals surface area contributed by atoms with Crippen LogP contribution in [0.3, 0.4) is 0 Å². The molecule has 0 spiro atoms. The molecular formula is C21H22N4. The maximum absolute atomic E-state index is 4.53. The minimum Gasteiger partial charge on any atom is -0.352 e. The SMILES string of the molecule is CCN(c1ccccc1)c1cc(N2CCc3ccccc3C2)ncn1. The summed E-state index contributed by atoms with van der Waals surface area (Å²) in [6, 6.07) is 21.2. The molecule has 0 unspecified atom stereocenters. The van der Waals surface area contributed by atoms with Crippen molar-refractivity contribution in [2.45, 2.75) is 19.9 Å². The first kappa shape index (κ1) is 15.6. The number of hydrogen-bond donors (Lipinski definition) is 0. The number of benzene rings is 2. The number of para-hydroxylation sites is 1. The van der Waals surface area contributed by atoms with Gasteiger partial charge in [-0.1, -0.05) is 42.5 Å². The molecule has 0 fully saturated rings. The van der Waals surface area contributed by atoms with Crippen molar-refractivity contribution in [3.8, 4) is 0 Å². The summed E-state index contributed by atoms with van der Waals surface area (Å²) >= 11 is 0. The van der Waals surface area contributed by atoms with Crippen LogP contribution in [0.15, 0.2) is 67.0 Å². The van der Waals surface area contributed by atoms with E-state index in [-0.39, 0.29) is 0 Å². The summed E-state index contributed by atoms with van der Waals surface area (Å²) in [4.78, 5) is 13.6. The van der Waals surface area contributed by atoms with E-state index in [9.17, 15) is 0 Å². The van der Waals surface area contributed by atoms with Crippen molar-refractivity contribution in [3.63, 3.8) is 0 Å². The van der Waals surface area contributed by atoms with Crippen LogP contribution in [0.2, 0.25) is 0 Å². The molecule has 25 heavy (non-hydrogen) atoms. The Morgan fingerprint density at radius 3 is 2.52 bits per heavy atom. The third-order valence-electron chi connectivity index (χ3n) is 4.75. The Kier molecular flexibility index (Phi) is 4.34. The predicted molar refractivity (Wildman–Crippen MR) is 102 cm³/mol. The van der Waals surface area contributed by atoms with E-state index in [1.54, 1.807) is 6.33 Å². The molecule has 4 nitrogen and oxygen atoms in total. The van der Waals surface area contributed by atoms with Gasteiger partial charge in [0.05, 0.1) is 0 Å². The molecule has 0 aliphatic carbocycles. The van der Waals surface area contributed by atoms with Gasteiger partial charge in [0.25, 0.3) is 0 Å². The van der Waals surface area contributed by atoms with Gasteiger partial charge in [0, 0.05) is 31.4 Å². The van der Waals surface area contributed by atoms with E-state index in [1.165, 1.54) is 11.1 Å². The van der Waals surface area contributed by atoms with Crippen LogP contribution in [0.5, 0.6) is 0 Å². The Morgan fingerprint density at radius 2 is 1.72 bits per heavy atom. The lowest BCUT2D eigenvalue weighted by Gasteiger charge is -2.30. The summed E-state index contributed by atoms with van der Waals surface area (Å²) in [6.07, 6.45) is 2.74. The molecule has 0 saturated carbocycles. The van der Waals surface area contributed by atoms with E-state index in [0.717, 1.165) is 43.4 Å². The van der Waals surface area contributed by atoms with E-state index < -0.39 is 0 Å². The summed E-state index contributed by atoms with van der Waals surface area (Å²) in [5.41, 5.74) is 4.00. The minimum absolute atomic E-state index is 0.864. The van der Waals surface area contributed by atoms with Gasteiger partial charge < -0.3 is 9.80 Å². The zero-order valence-corrected chi connectivity index (χ0v) is 14.5. The fraction of sp³-hybridized carbons (Fsp3) is 0.238. The highest BCUT2D eigenvalue weighted by atomic mass is 15.2. The van der Waals surface area contributed by atoms with Crippen LogP contribution in [0, 0.1) is 0 Å². The average molecular weight is 330 g/mol. The molecule has 0 amide bonds. The minimum atomic E-state index is 0.864. The fourth-order valence-electron chi connectivity index (χ4n) is 3.43. The Bertz CT molecular complexity index is 847. The molecule has 4 heteroatoms. The van der Waals surface area contributed by atoms with E-state index in [1.807, 2.05) is 6.07 Å². The first-order valence-electron chi connectivity index (χ1n) is 8.81. The summed E-state index contributed by atoms with van der Waals surface area (Å²) in [7, 11) is 0. The zero-order valence-electron chi connectivity index (χ0n) is 14.5. The molecule has 4 rings (SSSR count). The quantitative estimate of drug-likeness (QED) is 0.718.